The first-order valence-electron chi connectivity index (χ1n) is 5.65. The monoisotopic (exact) mass is 226 g/mol. The molecule has 0 aliphatic heterocycles. The highest BCUT2D eigenvalue weighted by Crippen LogP contribution is 2.24. The Hall–Kier alpha value is -1.94. The van der Waals surface area contributed by atoms with Gasteiger partial charge in [0.2, 0.25) is 0 Å². The Bertz CT molecular complexity index is 712. The van der Waals surface area contributed by atoms with E-state index in [0.29, 0.717) is 6.54 Å². The number of aromatic nitrogens is 3. The number of rotatable bonds is 1. The minimum atomic E-state index is 0.396. The summed E-state index contributed by atoms with van der Waals surface area (Å²) in [5.74, 6) is 0.805. The van der Waals surface area contributed by atoms with E-state index in [9.17, 15) is 0 Å². The Morgan fingerprint density at radius 3 is 2.76 bits per heavy atom. The molecule has 2 N–H and O–H groups in total. The SMILES string of the molecule is Cc1cc2nnc(CN)n2c2c(C)cccc12. The first-order valence-corrected chi connectivity index (χ1v) is 5.65. The summed E-state index contributed by atoms with van der Waals surface area (Å²) in [5.41, 5.74) is 10.2. The zero-order valence-corrected chi connectivity index (χ0v) is 9.94. The van der Waals surface area contributed by atoms with Crippen molar-refractivity contribution in [1.82, 2.24) is 14.6 Å². The van der Waals surface area contributed by atoms with E-state index in [-0.39, 0.29) is 0 Å². The third-order valence-electron chi connectivity index (χ3n) is 3.17. The Kier molecular flexibility index (Phi) is 2.12. The molecule has 17 heavy (non-hydrogen) atoms. The Morgan fingerprint density at radius 1 is 1.18 bits per heavy atom. The molecule has 0 spiro atoms. The number of fused-ring (bicyclic) bond motifs is 3. The maximum atomic E-state index is 5.72. The van der Waals surface area contributed by atoms with Crippen molar-refractivity contribution < 1.29 is 0 Å². The highest BCUT2D eigenvalue weighted by atomic mass is 15.3. The van der Waals surface area contributed by atoms with E-state index in [4.69, 9.17) is 5.73 Å². The fraction of sp³-hybridized carbons (Fsp3) is 0.231. The number of benzene rings is 1. The lowest BCUT2D eigenvalue weighted by Gasteiger charge is -2.09. The van der Waals surface area contributed by atoms with Gasteiger partial charge in [0.1, 0.15) is 0 Å². The Labute approximate surface area is 99.1 Å². The normalized spacial score (nSPS) is 11.5. The van der Waals surface area contributed by atoms with Gasteiger partial charge in [0.05, 0.1) is 12.1 Å². The van der Waals surface area contributed by atoms with E-state index in [2.05, 4.69) is 46.6 Å². The summed E-state index contributed by atoms with van der Waals surface area (Å²) < 4.78 is 2.05. The predicted molar refractivity (Wildman–Crippen MR) is 67.9 cm³/mol. The number of hydrogen-bond acceptors (Lipinski definition) is 3. The van der Waals surface area contributed by atoms with Crippen molar-refractivity contribution >= 4 is 16.6 Å². The van der Waals surface area contributed by atoms with Gasteiger partial charge in [-0.3, -0.25) is 4.40 Å². The van der Waals surface area contributed by atoms with Gasteiger partial charge < -0.3 is 5.73 Å². The van der Waals surface area contributed by atoms with Gasteiger partial charge in [-0.2, -0.15) is 0 Å². The van der Waals surface area contributed by atoms with E-state index in [1.54, 1.807) is 0 Å². The zero-order valence-electron chi connectivity index (χ0n) is 9.94. The van der Waals surface area contributed by atoms with Crippen LogP contribution < -0.4 is 5.73 Å². The molecule has 0 fully saturated rings. The highest BCUT2D eigenvalue weighted by molar-refractivity contribution is 5.88. The molecule has 4 nitrogen and oxygen atoms in total. The van der Waals surface area contributed by atoms with Crippen LogP contribution in [0.15, 0.2) is 24.3 Å². The van der Waals surface area contributed by atoms with Crippen molar-refractivity contribution in [2.24, 2.45) is 5.73 Å². The molecule has 0 amide bonds. The summed E-state index contributed by atoms with van der Waals surface area (Å²) >= 11 is 0. The topological polar surface area (TPSA) is 56.2 Å². The van der Waals surface area contributed by atoms with Crippen molar-refractivity contribution in [2.45, 2.75) is 20.4 Å². The van der Waals surface area contributed by atoms with E-state index in [1.165, 1.54) is 16.5 Å². The number of para-hydroxylation sites is 1. The van der Waals surface area contributed by atoms with Crippen LogP contribution in [0.4, 0.5) is 0 Å². The van der Waals surface area contributed by atoms with Crippen molar-refractivity contribution in [3.8, 4) is 0 Å². The molecule has 0 atom stereocenters. The van der Waals surface area contributed by atoms with E-state index in [0.717, 1.165) is 17.0 Å². The van der Waals surface area contributed by atoms with Crippen LogP contribution in [0.5, 0.6) is 0 Å². The second-order valence-electron chi connectivity index (χ2n) is 4.31. The molecule has 2 aromatic heterocycles. The van der Waals surface area contributed by atoms with Crippen molar-refractivity contribution in [1.29, 1.82) is 0 Å². The summed E-state index contributed by atoms with van der Waals surface area (Å²) in [5, 5.41) is 9.54. The maximum Gasteiger partial charge on any atom is 0.161 e. The molecule has 0 bridgehead atoms. The lowest BCUT2D eigenvalue weighted by molar-refractivity contribution is 0.893. The van der Waals surface area contributed by atoms with Crippen molar-refractivity contribution in [3.63, 3.8) is 0 Å². The van der Waals surface area contributed by atoms with Gasteiger partial charge >= 0.3 is 0 Å². The van der Waals surface area contributed by atoms with Crippen LogP contribution >= 0.6 is 0 Å². The van der Waals surface area contributed by atoms with Crippen LogP contribution in [0.25, 0.3) is 16.6 Å². The molecule has 0 unspecified atom stereocenters. The first-order chi connectivity index (χ1) is 8.22. The summed E-state index contributed by atoms with van der Waals surface area (Å²) in [6.07, 6.45) is 0. The summed E-state index contributed by atoms with van der Waals surface area (Å²) in [4.78, 5) is 0. The summed E-state index contributed by atoms with van der Waals surface area (Å²) in [6, 6.07) is 8.34. The van der Waals surface area contributed by atoms with Gasteiger partial charge in [0.15, 0.2) is 11.5 Å². The largest absolute Gasteiger partial charge is 0.324 e. The molecule has 0 saturated carbocycles. The van der Waals surface area contributed by atoms with E-state index in [1.807, 2.05) is 6.07 Å². The third-order valence-corrected chi connectivity index (χ3v) is 3.17. The van der Waals surface area contributed by atoms with Crippen LogP contribution in [0.2, 0.25) is 0 Å². The van der Waals surface area contributed by atoms with Gasteiger partial charge in [0, 0.05) is 5.39 Å². The molecular formula is C13H14N4. The Morgan fingerprint density at radius 2 is 2.00 bits per heavy atom. The number of aryl methyl sites for hydroxylation is 2. The van der Waals surface area contributed by atoms with Crippen LogP contribution in [0.1, 0.15) is 17.0 Å². The van der Waals surface area contributed by atoms with E-state index >= 15 is 0 Å². The molecule has 3 rings (SSSR count). The van der Waals surface area contributed by atoms with Gasteiger partial charge in [-0.05, 0) is 31.0 Å². The molecule has 0 radical (unpaired) electrons. The summed E-state index contributed by atoms with van der Waals surface area (Å²) in [7, 11) is 0. The van der Waals surface area contributed by atoms with E-state index < -0.39 is 0 Å². The number of nitrogens with two attached hydrogens (primary N) is 1. The fourth-order valence-corrected chi connectivity index (χ4v) is 2.35. The molecule has 0 aliphatic carbocycles. The number of hydrogen-bond donors (Lipinski definition) is 1. The Balaban J connectivity index is 2.63. The first kappa shape index (κ1) is 10.2. The van der Waals surface area contributed by atoms with Gasteiger partial charge in [-0.25, -0.2) is 0 Å². The van der Waals surface area contributed by atoms with Crippen LogP contribution in [-0.2, 0) is 6.54 Å². The highest BCUT2D eigenvalue weighted by Gasteiger charge is 2.11. The van der Waals surface area contributed by atoms with Gasteiger partial charge in [0.25, 0.3) is 0 Å². The maximum absolute atomic E-state index is 5.72. The molecule has 86 valence electrons. The third kappa shape index (κ3) is 1.34. The minimum Gasteiger partial charge on any atom is -0.324 e. The summed E-state index contributed by atoms with van der Waals surface area (Å²) in [6.45, 7) is 4.59. The number of pyridine rings is 1. The predicted octanol–water partition coefficient (Wildman–Crippen LogP) is 1.96. The fourth-order valence-electron chi connectivity index (χ4n) is 2.35. The lowest BCUT2D eigenvalue weighted by Crippen LogP contribution is -2.04. The molecule has 0 aliphatic rings. The minimum absolute atomic E-state index is 0.396. The molecular weight excluding hydrogens is 212 g/mol. The second-order valence-corrected chi connectivity index (χ2v) is 4.31. The standard InChI is InChI=1S/C13H14N4/c1-8-4-3-5-10-9(2)6-11-15-16-12(7-14)17(11)13(8)10/h3-6H,7,14H2,1-2H3. The van der Waals surface area contributed by atoms with Gasteiger partial charge in [-0.1, -0.05) is 18.2 Å². The number of nitrogens with zero attached hydrogens (tertiary/aromatic N) is 3. The average Bonchev–Trinajstić information content (AvgIpc) is 2.72. The quantitative estimate of drug-likeness (QED) is 0.690. The molecule has 3 aromatic rings. The van der Waals surface area contributed by atoms with Crippen LogP contribution in [0, 0.1) is 13.8 Å². The molecule has 2 heterocycles. The van der Waals surface area contributed by atoms with Crippen molar-refractivity contribution in [3.05, 3.63) is 41.2 Å². The van der Waals surface area contributed by atoms with Gasteiger partial charge in [-0.15, -0.1) is 10.2 Å². The zero-order chi connectivity index (χ0) is 12.0. The molecule has 1 aromatic carbocycles. The lowest BCUT2D eigenvalue weighted by atomic mass is 10.1. The van der Waals surface area contributed by atoms with Crippen molar-refractivity contribution in [2.75, 3.05) is 0 Å². The second kappa shape index (κ2) is 3.53. The average molecular weight is 226 g/mol. The van der Waals surface area contributed by atoms with Crippen LogP contribution in [0.3, 0.4) is 0 Å². The smallest absolute Gasteiger partial charge is 0.161 e. The molecule has 0 saturated heterocycles. The molecule has 4 heteroatoms. The van der Waals surface area contributed by atoms with Crippen LogP contribution in [-0.4, -0.2) is 14.6 Å².